The molecule has 15 heavy (non-hydrogen) atoms. The molecule has 82 valence electrons. The molecule has 0 saturated carbocycles. The van der Waals surface area contributed by atoms with Crippen LogP contribution in [-0.2, 0) is 16.1 Å². The van der Waals surface area contributed by atoms with Crippen LogP contribution in [0.2, 0.25) is 0 Å². The molecule has 0 bridgehead atoms. The summed E-state index contributed by atoms with van der Waals surface area (Å²) in [6.07, 6.45) is 0.927. The first-order valence-corrected chi connectivity index (χ1v) is 4.49. The number of nitrogen functional groups attached to an aromatic ring is 1. The Labute approximate surface area is 86.7 Å². The van der Waals surface area contributed by atoms with Gasteiger partial charge in [-0.05, 0) is 13.0 Å². The van der Waals surface area contributed by atoms with E-state index in [-0.39, 0.29) is 6.54 Å². The topological polar surface area (TPSA) is 87.2 Å². The number of ether oxygens (including phenoxy) is 1. The third-order valence-electron chi connectivity index (χ3n) is 1.78. The lowest BCUT2D eigenvalue weighted by atomic mass is 10.4. The average Bonchev–Trinajstić information content (AvgIpc) is 2.10. The fourth-order valence-electron chi connectivity index (χ4n) is 1.21. The molecule has 1 heterocycles. The maximum atomic E-state index is 11.3. The van der Waals surface area contributed by atoms with Gasteiger partial charge in [0.05, 0.1) is 6.54 Å². The number of carbonyl (C=O) groups is 1. The monoisotopic (exact) mass is 211 g/mol. The second-order valence-corrected chi connectivity index (χ2v) is 3.18. The molecule has 6 nitrogen and oxygen atoms in total. The van der Waals surface area contributed by atoms with Gasteiger partial charge in [-0.2, -0.15) is 0 Å². The molecule has 1 atom stereocenters. The van der Waals surface area contributed by atoms with Gasteiger partial charge in [0.2, 0.25) is 0 Å². The van der Waals surface area contributed by atoms with Gasteiger partial charge in [-0.1, -0.05) is 0 Å². The first kappa shape index (κ1) is 11.2. The highest BCUT2D eigenvalue weighted by molar-refractivity contribution is 5.66. The van der Waals surface area contributed by atoms with Crippen LogP contribution >= 0.6 is 0 Å². The van der Waals surface area contributed by atoms with E-state index in [0.717, 1.165) is 0 Å². The number of anilines is 1. The minimum Gasteiger partial charge on any atom is -0.461 e. The van der Waals surface area contributed by atoms with E-state index in [1.54, 1.807) is 6.92 Å². The Kier molecular flexibility index (Phi) is 3.43. The van der Waals surface area contributed by atoms with Crippen LogP contribution in [-0.4, -0.2) is 21.6 Å². The lowest BCUT2D eigenvalue weighted by Crippen LogP contribution is -2.30. The van der Waals surface area contributed by atoms with E-state index in [2.05, 4.69) is 4.98 Å². The first-order chi connectivity index (χ1) is 7.00. The Balaban J connectivity index is 2.80. The molecular weight excluding hydrogens is 198 g/mol. The van der Waals surface area contributed by atoms with Crippen LogP contribution < -0.4 is 11.4 Å². The van der Waals surface area contributed by atoms with Crippen molar-refractivity contribution in [2.24, 2.45) is 0 Å². The number of nitrogens with two attached hydrogens (primary N) is 1. The van der Waals surface area contributed by atoms with Crippen LogP contribution in [0.3, 0.4) is 0 Å². The van der Waals surface area contributed by atoms with Gasteiger partial charge in [0.25, 0.3) is 0 Å². The number of esters is 1. The van der Waals surface area contributed by atoms with Crippen molar-refractivity contribution in [2.75, 3.05) is 5.73 Å². The van der Waals surface area contributed by atoms with Crippen molar-refractivity contribution in [3.05, 3.63) is 22.7 Å². The van der Waals surface area contributed by atoms with E-state index in [4.69, 9.17) is 10.5 Å². The highest BCUT2D eigenvalue weighted by Gasteiger charge is 2.09. The SMILES string of the molecule is CC(=O)OC(C)Cn1c(N)ccnc1=O. The average molecular weight is 211 g/mol. The second-order valence-electron chi connectivity index (χ2n) is 3.18. The predicted molar refractivity (Wildman–Crippen MR) is 54.1 cm³/mol. The maximum absolute atomic E-state index is 11.3. The lowest BCUT2D eigenvalue weighted by Gasteiger charge is -2.14. The summed E-state index contributed by atoms with van der Waals surface area (Å²) in [4.78, 5) is 25.5. The summed E-state index contributed by atoms with van der Waals surface area (Å²) < 4.78 is 6.14. The van der Waals surface area contributed by atoms with Crippen LogP contribution in [0.5, 0.6) is 0 Å². The van der Waals surface area contributed by atoms with Gasteiger partial charge >= 0.3 is 11.7 Å². The molecule has 0 aromatic carbocycles. The van der Waals surface area contributed by atoms with Gasteiger partial charge in [-0.25, -0.2) is 9.78 Å². The van der Waals surface area contributed by atoms with Crippen LogP contribution in [0.1, 0.15) is 13.8 Å². The number of hydrogen-bond acceptors (Lipinski definition) is 5. The van der Waals surface area contributed by atoms with Crippen LogP contribution in [0, 0.1) is 0 Å². The molecule has 1 aromatic heterocycles. The van der Waals surface area contributed by atoms with E-state index < -0.39 is 17.8 Å². The standard InChI is InChI=1S/C9H13N3O3/c1-6(15-7(2)13)5-12-8(10)3-4-11-9(12)14/h3-4,6H,5,10H2,1-2H3. The highest BCUT2D eigenvalue weighted by Crippen LogP contribution is 2.00. The smallest absolute Gasteiger partial charge is 0.349 e. The van der Waals surface area contributed by atoms with Gasteiger partial charge in [-0.15, -0.1) is 0 Å². The molecule has 0 aliphatic carbocycles. The summed E-state index contributed by atoms with van der Waals surface area (Å²) >= 11 is 0. The molecule has 1 aromatic rings. The molecule has 0 radical (unpaired) electrons. The molecule has 0 saturated heterocycles. The molecular formula is C9H13N3O3. The number of carbonyl (C=O) groups excluding carboxylic acids is 1. The molecule has 6 heteroatoms. The quantitative estimate of drug-likeness (QED) is 0.698. The molecule has 1 rings (SSSR count). The molecule has 2 N–H and O–H groups in total. The first-order valence-electron chi connectivity index (χ1n) is 4.49. The van der Waals surface area contributed by atoms with Crippen molar-refractivity contribution >= 4 is 11.8 Å². The normalized spacial score (nSPS) is 12.1. The van der Waals surface area contributed by atoms with Gasteiger partial charge in [0.1, 0.15) is 11.9 Å². The Morgan fingerprint density at radius 2 is 2.40 bits per heavy atom. The summed E-state index contributed by atoms with van der Waals surface area (Å²) in [5.41, 5.74) is 5.13. The number of hydrogen-bond donors (Lipinski definition) is 1. The Morgan fingerprint density at radius 1 is 1.73 bits per heavy atom. The largest absolute Gasteiger partial charge is 0.461 e. The van der Waals surface area contributed by atoms with Gasteiger partial charge in [0.15, 0.2) is 0 Å². The molecule has 0 amide bonds. The third-order valence-corrected chi connectivity index (χ3v) is 1.78. The van der Waals surface area contributed by atoms with E-state index in [9.17, 15) is 9.59 Å². The van der Waals surface area contributed by atoms with Crippen molar-refractivity contribution in [3.8, 4) is 0 Å². The fourth-order valence-corrected chi connectivity index (χ4v) is 1.21. The maximum Gasteiger partial charge on any atom is 0.349 e. The van der Waals surface area contributed by atoms with Gasteiger partial charge < -0.3 is 10.5 Å². The van der Waals surface area contributed by atoms with Crippen molar-refractivity contribution in [2.45, 2.75) is 26.5 Å². The predicted octanol–water partition coefficient (Wildman–Crippen LogP) is -0.223. The molecule has 0 fully saturated rings. The Morgan fingerprint density at radius 3 is 2.93 bits per heavy atom. The van der Waals surface area contributed by atoms with Crippen LogP contribution in [0.4, 0.5) is 5.82 Å². The minimum atomic E-state index is -0.450. The summed E-state index contributed by atoms with van der Waals surface area (Å²) in [5.74, 6) is -0.0907. The zero-order chi connectivity index (χ0) is 11.4. The number of rotatable bonds is 3. The van der Waals surface area contributed by atoms with Crippen molar-refractivity contribution < 1.29 is 9.53 Å². The zero-order valence-electron chi connectivity index (χ0n) is 8.64. The van der Waals surface area contributed by atoms with E-state index in [0.29, 0.717) is 5.82 Å². The third kappa shape index (κ3) is 3.08. The van der Waals surface area contributed by atoms with E-state index in [1.165, 1.54) is 23.8 Å². The molecule has 0 aliphatic rings. The minimum absolute atomic E-state index is 0.206. The fraction of sp³-hybridized carbons (Fsp3) is 0.444. The highest BCUT2D eigenvalue weighted by atomic mass is 16.5. The molecule has 0 aliphatic heterocycles. The summed E-state index contributed by atoms with van der Waals surface area (Å²) in [6.45, 7) is 3.20. The number of aromatic nitrogens is 2. The van der Waals surface area contributed by atoms with Crippen molar-refractivity contribution in [1.29, 1.82) is 0 Å². The van der Waals surface area contributed by atoms with E-state index in [1.807, 2.05) is 0 Å². The second kappa shape index (κ2) is 4.59. The molecule has 1 unspecified atom stereocenters. The zero-order valence-corrected chi connectivity index (χ0v) is 8.64. The van der Waals surface area contributed by atoms with Crippen LogP contribution in [0.15, 0.2) is 17.1 Å². The summed E-state index contributed by atoms with van der Waals surface area (Å²) in [5, 5.41) is 0. The Bertz CT molecular complexity index is 413. The van der Waals surface area contributed by atoms with Gasteiger partial charge in [0, 0.05) is 13.1 Å². The summed E-state index contributed by atoms with van der Waals surface area (Å²) in [7, 11) is 0. The number of nitrogens with zero attached hydrogens (tertiary/aromatic N) is 2. The lowest BCUT2D eigenvalue weighted by molar-refractivity contribution is -0.146. The van der Waals surface area contributed by atoms with E-state index >= 15 is 0 Å². The summed E-state index contributed by atoms with van der Waals surface area (Å²) in [6, 6.07) is 1.52. The van der Waals surface area contributed by atoms with Crippen LogP contribution in [0.25, 0.3) is 0 Å². The molecule has 0 spiro atoms. The van der Waals surface area contributed by atoms with Crippen molar-refractivity contribution in [3.63, 3.8) is 0 Å². The van der Waals surface area contributed by atoms with Crippen molar-refractivity contribution in [1.82, 2.24) is 9.55 Å². The van der Waals surface area contributed by atoms with Gasteiger partial charge in [-0.3, -0.25) is 9.36 Å². The Hall–Kier alpha value is -1.85.